The van der Waals surface area contributed by atoms with Crippen LogP contribution in [0.5, 0.6) is 17.2 Å². The SMILES string of the molecule is CNCC(O)c1c(O)c(F)cc(OC)c1OC. The number of benzene rings is 1. The molecule has 0 heterocycles. The Morgan fingerprint density at radius 3 is 2.53 bits per heavy atom. The maximum Gasteiger partial charge on any atom is 0.170 e. The van der Waals surface area contributed by atoms with Crippen LogP contribution in [0.4, 0.5) is 4.39 Å². The van der Waals surface area contributed by atoms with Crippen LogP contribution in [0, 0.1) is 5.82 Å². The number of likely N-dealkylation sites (N-methyl/N-ethyl adjacent to an activating group) is 1. The van der Waals surface area contributed by atoms with E-state index in [0.29, 0.717) is 0 Å². The third-order valence-corrected chi connectivity index (χ3v) is 2.36. The first-order chi connectivity index (χ1) is 8.06. The van der Waals surface area contributed by atoms with E-state index >= 15 is 0 Å². The summed E-state index contributed by atoms with van der Waals surface area (Å²) in [5.41, 5.74) is -0.0290. The van der Waals surface area contributed by atoms with Gasteiger partial charge in [-0.1, -0.05) is 0 Å². The summed E-state index contributed by atoms with van der Waals surface area (Å²) in [6.45, 7) is 0.149. The van der Waals surface area contributed by atoms with Gasteiger partial charge >= 0.3 is 0 Å². The first kappa shape index (κ1) is 13.5. The van der Waals surface area contributed by atoms with Crippen molar-refractivity contribution in [1.29, 1.82) is 0 Å². The van der Waals surface area contributed by atoms with Crippen LogP contribution in [-0.4, -0.2) is 38.0 Å². The summed E-state index contributed by atoms with van der Waals surface area (Å²) >= 11 is 0. The van der Waals surface area contributed by atoms with Crippen LogP contribution in [0.15, 0.2) is 6.07 Å². The lowest BCUT2D eigenvalue weighted by atomic mass is 10.1. The zero-order chi connectivity index (χ0) is 13.0. The summed E-state index contributed by atoms with van der Waals surface area (Å²) in [6.07, 6.45) is -1.10. The number of rotatable bonds is 5. The Kier molecular flexibility index (Phi) is 4.53. The Balaban J connectivity index is 3.37. The maximum absolute atomic E-state index is 13.4. The lowest BCUT2D eigenvalue weighted by Crippen LogP contribution is -2.18. The van der Waals surface area contributed by atoms with Crippen LogP contribution >= 0.6 is 0 Å². The molecule has 0 aliphatic carbocycles. The topological polar surface area (TPSA) is 71.0 Å². The molecule has 0 saturated heterocycles. The number of halogens is 1. The second-order valence-electron chi connectivity index (χ2n) is 3.43. The molecule has 5 nitrogen and oxygen atoms in total. The summed E-state index contributed by atoms with van der Waals surface area (Å²) < 4.78 is 23.4. The molecule has 0 amide bonds. The molecule has 6 heteroatoms. The highest BCUT2D eigenvalue weighted by Gasteiger charge is 2.24. The van der Waals surface area contributed by atoms with Gasteiger partial charge < -0.3 is 25.0 Å². The van der Waals surface area contributed by atoms with Crippen molar-refractivity contribution in [1.82, 2.24) is 5.32 Å². The molecule has 1 atom stereocenters. The minimum Gasteiger partial charge on any atom is -0.504 e. The second-order valence-corrected chi connectivity index (χ2v) is 3.43. The van der Waals surface area contributed by atoms with Gasteiger partial charge in [0, 0.05) is 12.6 Å². The third-order valence-electron chi connectivity index (χ3n) is 2.36. The Labute approximate surface area is 98.8 Å². The van der Waals surface area contributed by atoms with Gasteiger partial charge in [0.2, 0.25) is 0 Å². The van der Waals surface area contributed by atoms with Gasteiger partial charge in [-0.15, -0.1) is 0 Å². The fraction of sp³-hybridized carbons (Fsp3) is 0.455. The van der Waals surface area contributed by atoms with Crippen molar-refractivity contribution in [2.75, 3.05) is 27.8 Å². The number of nitrogens with one attached hydrogen (secondary N) is 1. The minimum absolute atomic E-state index is 0.0290. The molecule has 17 heavy (non-hydrogen) atoms. The Bertz CT molecular complexity index is 398. The largest absolute Gasteiger partial charge is 0.504 e. The number of phenols is 1. The summed E-state index contributed by atoms with van der Waals surface area (Å²) in [5, 5.41) is 22.2. The number of aromatic hydroxyl groups is 1. The highest BCUT2D eigenvalue weighted by Crippen LogP contribution is 2.42. The molecule has 0 radical (unpaired) electrons. The molecule has 1 aromatic rings. The molecule has 1 unspecified atom stereocenters. The van der Waals surface area contributed by atoms with E-state index in [0.717, 1.165) is 6.07 Å². The lowest BCUT2D eigenvalue weighted by molar-refractivity contribution is 0.167. The summed E-state index contributed by atoms with van der Waals surface area (Å²) in [4.78, 5) is 0. The van der Waals surface area contributed by atoms with E-state index in [-0.39, 0.29) is 23.6 Å². The number of hydrogen-bond donors (Lipinski definition) is 3. The average molecular weight is 245 g/mol. The second kappa shape index (κ2) is 5.70. The van der Waals surface area contributed by atoms with Crippen LogP contribution in [0.1, 0.15) is 11.7 Å². The van der Waals surface area contributed by atoms with Crippen LogP contribution in [0.3, 0.4) is 0 Å². The predicted molar refractivity (Wildman–Crippen MR) is 60.1 cm³/mol. The van der Waals surface area contributed by atoms with Crippen LogP contribution in [-0.2, 0) is 0 Å². The molecule has 0 aromatic heterocycles. The van der Waals surface area contributed by atoms with Crippen LogP contribution < -0.4 is 14.8 Å². The highest BCUT2D eigenvalue weighted by atomic mass is 19.1. The fourth-order valence-corrected chi connectivity index (χ4v) is 1.58. The first-order valence-electron chi connectivity index (χ1n) is 5.02. The zero-order valence-electron chi connectivity index (χ0n) is 9.95. The van der Waals surface area contributed by atoms with Gasteiger partial charge in [-0.2, -0.15) is 0 Å². The van der Waals surface area contributed by atoms with Crippen molar-refractivity contribution >= 4 is 0 Å². The quantitative estimate of drug-likeness (QED) is 0.715. The Morgan fingerprint density at radius 1 is 1.41 bits per heavy atom. The van der Waals surface area contributed by atoms with E-state index in [4.69, 9.17) is 9.47 Å². The molecular formula is C11H16FNO4. The van der Waals surface area contributed by atoms with E-state index in [1.54, 1.807) is 7.05 Å². The normalized spacial score (nSPS) is 12.3. The van der Waals surface area contributed by atoms with Crippen molar-refractivity contribution < 1.29 is 24.1 Å². The smallest absolute Gasteiger partial charge is 0.170 e. The van der Waals surface area contributed by atoms with Gasteiger partial charge in [-0.25, -0.2) is 4.39 Å². The number of aliphatic hydroxyl groups excluding tert-OH is 1. The lowest BCUT2D eigenvalue weighted by Gasteiger charge is -2.18. The van der Waals surface area contributed by atoms with Crippen LogP contribution in [0.25, 0.3) is 0 Å². The molecule has 3 N–H and O–H groups in total. The molecule has 0 aliphatic rings. The van der Waals surface area contributed by atoms with Gasteiger partial charge in [0.15, 0.2) is 23.1 Å². The van der Waals surface area contributed by atoms with Crippen molar-refractivity contribution in [3.63, 3.8) is 0 Å². The summed E-state index contributed by atoms with van der Waals surface area (Å²) in [6, 6.07) is 1.00. The number of phenolic OH excluding ortho intramolecular Hbond substituents is 1. The average Bonchev–Trinajstić information content (AvgIpc) is 2.31. The molecule has 1 aromatic carbocycles. The Morgan fingerprint density at radius 2 is 2.06 bits per heavy atom. The number of methoxy groups -OCH3 is 2. The molecule has 0 spiro atoms. The first-order valence-corrected chi connectivity index (χ1v) is 5.02. The predicted octanol–water partition coefficient (Wildman–Crippen LogP) is 0.801. The standard InChI is InChI=1S/C11H16FNO4/c1-13-5-7(14)9-10(15)6(12)4-8(16-2)11(9)17-3/h4,7,13-15H,5H2,1-3H3. The zero-order valence-corrected chi connectivity index (χ0v) is 9.95. The van der Waals surface area contributed by atoms with E-state index in [1.807, 2.05) is 0 Å². The number of aliphatic hydroxyl groups is 1. The van der Waals surface area contributed by atoms with Gasteiger partial charge in [0.1, 0.15) is 0 Å². The van der Waals surface area contributed by atoms with Crippen molar-refractivity contribution in [3.05, 3.63) is 17.4 Å². The Hall–Kier alpha value is -1.53. The van der Waals surface area contributed by atoms with Crippen molar-refractivity contribution in [2.45, 2.75) is 6.10 Å². The molecule has 0 fully saturated rings. The highest BCUT2D eigenvalue weighted by molar-refractivity contribution is 5.55. The van der Waals surface area contributed by atoms with Gasteiger partial charge in [-0.05, 0) is 7.05 Å². The molecule has 1 rings (SSSR count). The van der Waals surface area contributed by atoms with Crippen molar-refractivity contribution in [2.24, 2.45) is 0 Å². The molecule has 0 saturated carbocycles. The molecule has 0 bridgehead atoms. The maximum atomic E-state index is 13.4. The molecule has 96 valence electrons. The van der Waals surface area contributed by atoms with Crippen LogP contribution in [0.2, 0.25) is 0 Å². The molecular weight excluding hydrogens is 229 g/mol. The van der Waals surface area contributed by atoms with E-state index in [1.165, 1.54) is 14.2 Å². The number of ether oxygens (including phenoxy) is 2. The summed E-state index contributed by atoms with van der Waals surface area (Å²) in [5.74, 6) is -1.26. The van der Waals surface area contributed by atoms with Gasteiger partial charge in [-0.3, -0.25) is 0 Å². The monoisotopic (exact) mass is 245 g/mol. The van der Waals surface area contributed by atoms with E-state index in [9.17, 15) is 14.6 Å². The third kappa shape index (κ3) is 2.59. The van der Waals surface area contributed by atoms with E-state index in [2.05, 4.69) is 5.32 Å². The minimum atomic E-state index is -1.10. The fourth-order valence-electron chi connectivity index (χ4n) is 1.58. The van der Waals surface area contributed by atoms with Crippen molar-refractivity contribution in [3.8, 4) is 17.2 Å². The van der Waals surface area contributed by atoms with E-state index < -0.39 is 17.7 Å². The number of hydrogen-bond acceptors (Lipinski definition) is 5. The van der Waals surface area contributed by atoms with Gasteiger partial charge in [0.05, 0.1) is 25.9 Å². The summed E-state index contributed by atoms with van der Waals surface area (Å²) in [7, 11) is 4.33. The van der Waals surface area contributed by atoms with Gasteiger partial charge in [0.25, 0.3) is 0 Å². The molecule has 0 aliphatic heterocycles.